The number of hydrogen-bond donors (Lipinski definition) is 4. The van der Waals surface area contributed by atoms with Gasteiger partial charge in [-0.1, -0.05) is 50.2 Å². The maximum absolute atomic E-state index is 11.7. The molecule has 2 amide bonds. The van der Waals surface area contributed by atoms with Crippen LogP contribution in [0, 0.1) is 0 Å². The zero-order chi connectivity index (χ0) is 26.5. The second-order valence-corrected chi connectivity index (χ2v) is 8.23. The zero-order valence-corrected chi connectivity index (χ0v) is 20.6. The van der Waals surface area contributed by atoms with Gasteiger partial charge in [0.25, 0.3) is 0 Å². The van der Waals surface area contributed by atoms with Crippen LogP contribution in [0.1, 0.15) is 45.1 Å². The predicted molar refractivity (Wildman–Crippen MR) is 138 cm³/mol. The first-order valence-corrected chi connectivity index (χ1v) is 11.9. The number of aromatic amines is 1. The molecule has 0 saturated heterocycles. The molecule has 9 nitrogen and oxygen atoms in total. The van der Waals surface area contributed by atoms with Crippen molar-refractivity contribution in [3.8, 4) is 0 Å². The van der Waals surface area contributed by atoms with Gasteiger partial charge in [-0.3, -0.25) is 14.4 Å². The Bertz CT molecular complexity index is 1160. The molecule has 0 saturated carbocycles. The summed E-state index contributed by atoms with van der Waals surface area (Å²) in [5.74, 6) is -2.40. The smallest absolute Gasteiger partial charge is 0.326 e. The average Bonchev–Trinajstić information content (AvgIpc) is 3.26. The van der Waals surface area contributed by atoms with E-state index in [1.165, 1.54) is 4.90 Å². The third-order valence-corrected chi connectivity index (χ3v) is 5.34. The highest BCUT2D eigenvalue weighted by Gasteiger charge is 2.21. The molecular formula is C27H33N3O6. The fraction of sp³-hybridized carbons (Fsp3) is 0.333. The number of benzene rings is 2. The molecule has 3 rings (SSSR count). The number of H-pyrrole nitrogens is 1. The van der Waals surface area contributed by atoms with Crippen LogP contribution in [0.3, 0.4) is 0 Å². The van der Waals surface area contributed by atoms with E-state index >= 15 is 0 Å². The van der Waals surface area contributed by atoms with Gasteiger partial charge in [-0.05, 0) is 36.6 Å². The van der Waals surface area contributed by atoms with E-state index in [2.05, 4.69) is 10.3 Å². The molecule has 0 aliphatic carbocycles. The van der Waals surface area contributed by atoms with E-state index in [0.29, 0.717) is 31.4 Å². The summed E-state index contributed by atoms with van der Waals surface area (Å²) in [6.45, 7) is 3.49. The van der Waals surface area contributed by atoms with Gasteiger partial charge in [0.05, 0.1) is 0 Å². The molecule has 3 aromatic rings. The van der Waals surface area contributed by atoms with Crippen LogP contribution >= 0.6 is 0 Å². The Balaban J connectivity index is 0.000000261. The second kappa shape index (κ2) is 14.3. The van der Waals surface area contributed by atoms with Crippen LogP contribution < -0.4 is 10.2 Å². The number of carboxylic acids is 2. The van der Waals surface area contributed by atoms with Crippen molar-refractivity contribution >= 4 is 40.3 Å². The van der Waals surface area contributed by atoms with Gasteiger partial charge in [0.2, 0.25) is 11.8 Å². The SMILES string of the molecule is CCCC(=O)N(CC(=O)O)c1ccccc1.CCCC(=O)NC(Cc1c[nH]c2ccccc12)C(=O)O. The Morgan fingerprint density at radius 3 is 2.17 bits per heavy atom. The molecule has 192 valence electrons. The lowest BCUT2D eigenvalue weighted by Gasteiger charge is -2.20. The van der Waals surface area contributed by atoms with Crippen LogP contribution in [-0.2, 0) is 25.6 Å². The van der Waals surface area contributed by atoms with Gasteiger partial charge in [0.15, 0.2) is 0 Å². The van der Waals surface area contributed by atoms with Crippen LogP contribution in [0.25, 0.3) is 10.9 Å². The third kappa shape index (κ3) is 8.57. The first-order valence-electron chi connectivity index (χ1n) is 11.9. The summed E-state index contributed by atoms with van der Waals surface area (Å²) in [6, 6.07) is 15.7. The normalized spacial score (nSPS) is 11.2. The van der Waals surface area contributed by atoms with Crippen LogP contribution in [0.5, 0.6) is 0 Å². The number of carbonyl (C=O) groups excluding carboxylic acids is 2. The largest absolute Gasteiger partial charge is 0.480 e. The van der Waals surface area contributed by atoms with Crippen molar-refractivity contribution < 1.29 is 29.4 Å². The zero-order valence-electron chi connectivity index (χ0n) is 20.6. The number of rotatable bonds is 11. The summed E-state index contributed by atoms with van der Waals surface area (Å²) < 4.78 is 0. The Hall–Kier alpha value is -4.14. The van der Waals surface area contributed by atoms with Gasteiger partial charge in [-0.25, -0.2) is 4.79 Å². The highest BCUT2D eigenvalue weighted by atomic mass is 16.4. The molecule has 0 bridgehead atoms. The number of fused-ring (bicyclic) bond motifs is 1. The van der Waals surface area contributed by atoms with Crippen molar-refractivity contribution in [1.82, 2.24) is 10.3 Å². The number of nitrogens with zero attached hydrogens (tertiary/aromatic N) is 1. The Labute approximate surface area is 210 Å². The third-order valence-electron chi connectivity index (χ3n) is 5.34. The minimum atomic E-state index is -1.01. The number of carboxylic acid groups (broad SMARTS) is 2. The van der Waals surface area contributed by atoms with Gasteiger partial charge in [-0.15, -0.1) is 0 Å². The molecule has 9 heteroatoms. The molecular weight excluding hydrogens is 462 g/mol. The maximum Gasteiger partial charge on any atom is 0.326 e. The van der Waals surface area contributed by atoms with Crippen molar-refractivity contribution in [3.63, 3.8) is 0 Å². The second-order valence-electron chi connectivity index (χ2n) is 8.23. The highest BCUT2D eigenvalue weighted by molar-refractivity contribution is 5.97. The molecule has 0 spiro atoms. The van der Waals surface area contributed by atoms with Gasteiger partial charge in [0, 0.05) is 42.0 Å². The van der Waals surface area contributed by atoms with Crippen molar-refractivity contribution in [3.05, 3.63) is 66.4 Å². The van der Waals surface area contributed by atoms with E-state index in [4.69, 9.17) is 5.11 Å². The molecule has 0 aliphatic rings. The molecule has 1 atom stereocenters. The van der Waals surface area contributed by atoms with E-state index in [-0.39, 0.29) is 24.8 Å². The Kier molecular flexibility index (Phi) is 11.2. The van der Waals surface area contributed by atoms with Crippen molar-refractivity contribution in [2.75, 3.05) is 11.4 Å². The monoisotopic (exact) mass is 495 g/mol. The van der Waals surface area contributed by atoms with Gasteiger partial charge in [0.1, 0.15) is 12.6 Å². The topological polar surface area (TPSA) is 140 Å². The maximum atomic E-state index is 11.7. The first kappa shape index (κ1) is 28.1. The lowest BCUT2D eigenvalue weighted by Crippen LogP contribution is -2.42. The average molecular weight is 496 g/mol. The summed E-state index contributed by atoms with van der Waals surface area (Å²) in [6.07, 6.45) is 4.19. The van der Waals surface area contributed by atoms with E-state index in [1.807, 2.05) is 44.2 Å². The summed E-state index contributed by atoms with van der Waals surface area (Å²) in [5, 5.41) is 21.6. The summed E-state index contributed by atoms with van der Waals surface area (Å²) in [5.41, 5.74) is 2.49. The van der Waals surface area contributed by atoms with E-state index < -0.39 is 18.0 Å². The number of aromatic nitrogens is 1. The van der Waals surface area contributed by atoms with Crippen molar-refractivity contribution in [2.24, 2.45) is 0 Å². The quantitative estimate of drug-likeness (QED) is 0.317. The number of carbonyl (C=O) groups is 4. The highest BCUT2D eigenvalue weighted by Crippen LogP contribution is 2.19. The number of amides is 2. The number of nitrogens with one attached hydrogen (secondary N) is 2. The number of anilines is 1. The lowest BCUT2D eigenvalue weighted by atomic mass is 10.0. The molecule has 1 aromatic heterocycles. The van der Waals surface area contributed by atoms with Gasteiger partial charge < -0.3 is 25.4 Å². The molecule has 1 heterocycles. The first-order chi connectivity index (χ1) is 17.3. The van der Waals surface area contributed by atoms with E-state index in [9.17, 15) is 24.3 Å². The predicted octanol–water partition coefficient (Wildman–Crippen LogP) is 3.98. The molecule has 2 aromatic carbocycles. The van der Waals surface area contributed by atoms with Crippen LogP contribution in [0.2, 0.25) is 0 Å². The fourth-order valence-electron chi connectivity index (χ4n) is 3.63. The number of aliphatic carboxylic acids is 2. The Morgan fingerprint density at radius 2 is 1.56 bits per heavy atom. The van der Waals surface area contributed by atoms with Crippen molar-refractivity contribution in [1.29, 1.82) is 0 Å². The van der Waals surface area contributed by atoms with E-state index in [1.54, 1.807) is 30.5 Å². The fourth-order valence-corrected chi connectivity index (χ4v) is 3.63. The molecule has 36 heavy (non-hydrogen) atoms. The molecule has 0 fully saturated rings. The van der Waals surface area contributed by atoms with Crippen molar-refractivity contribution in [2.45, 2.75) is 52.0 Å². The lowest BCUT2D eigenvalue weighted by molar-refractivity contribution is -0.141. The number of para-hydroxylation sites is 2. The number of hydrogen-bond acceptors (Lipinski definition) is 4. The van der Waals surface area contributed by atoms with Crippen LogP contribution in [-0.4, -0.2) is 51.5 Å². The molecule has 4 N–H and O–H groups in total. The molecule has 0 radical (unpaired) electrons. The Morgan fingerprint density at radius 1 is 0.917 bits per heavy atom. The summed E-state index contributed by atoms with van der Waals surface area (Å²) >= 11 is 0. The van der Waals surface area contributed by atoms with Crippen LogP contribution in [0.4, 0.5) is 5.69 Å². The standard InChI is InChI=1S/C15H18N2O3.C12H15NO3/c1-2-5-14(18)17-13(15(19)20)8-10-9-16-12-7-4-3-6-11(10)12;1-2-6-11(14)13(9-12(15)16)10-7-4-3-5-8-10/h3-4,6-7,9,13,16H,2,5,8H2,1H3,(H,17,18)(H,19,20);3-5,7-8H,2,6,9H2,1H3,(H,15,16). The van der Waals surface area contributed by atoms with Crippen LogP contribution in [0.15, 0.2) is 60.8 Å². The summed E-state index contributed by atoms with van der Waals surface area (Å²) in [4.78, 5) is 49.7. The molecule has 1 unspecified atom stereocenters. The van der Waals surface area contributed by atoms with E-state index in [0.717, 1.165) is 16.5 Å². The minimum Gasteiger partial charge on any atom is -0.480 e. The van der Waals surface area contributed by atoms with Gasteiger partial charge in [-0.2, -0.15) is 0 Å². The molecule has 0 aliphatic heterocycles. The minimum absolute atomic E-state index is 0.156. The van der Waals surface area contributed by atoms with Gasteiger partial charge >= 0.3 is 11.9 Å². The summed E-state index contributed by atoms with van der Waals surface area (Å²) in [7, 11) is 0.